The lowest BCUT2D eigenvalue weighted by Crippen LogP contribution is -2.38. The van der Waals surface area contributed by atoms with Crippen LogP contribution in [0.3, 0.4) is 0 Å². The maximum atomic E-state index is 6.08. The van der Waals surface area contributed by atoms with E-state index in [-0.39, 0.29) is 0 Å². The maximum Gasteiger partial charge on any atom is 0.191 e. The van der Waals surface area contributed by atoms with E-state index < -0.39 is 0 Å². The number of rotatable bonds is 3. The van der Waals surface area contributed by atoms with Crippen LogP contribution in [0.4, 0.5) is 0 Å². The minimum atomic E-state index is 0.716. The van der Waals surface area contributed by atoms with Crippen LogP contribution in [0.15, 0.2) is 23.5 Å². The number of aryl methyl sites for hydroxylation is 1. The van der Waals surface area contributed by atoms with Crippen molar-refractivity contribution >= 4 is 5.96 Å². The van der Waals surface area contributed by atoms with Crippen LogP contribution in [0.2, 0.25) is 0 Å². The average Bonchev–Trinajstić information content (AvgIpc) is 2.70. The third-order valence-electron chi connectivity index (χ3n) is 3.72. The molecule has 2 heterocycles. The highest BCUT2D eigenvalue weighted by Gasteiger charge is 2.10. The van der Waals surface area contributed by atoms with Gasteiger partial charge in [-0.1, -0.05) is 12.8 Å². The fourth-order valence-corrected chi connectivity index (χ4v) is 2.47. The number of likely N-dealkylation sites (tertiary alicyclic amines) is 1. The first-order chi connectivity index (χ1) is 9.27. The summed E-state index contributed by atoms with van der Waals surface area (Å²) in [6, 6.07) is 2.06. The van der Waals surface area contributed by atoms with Gasteiger partial charge in [0.2, 0.25) is 0 Å². The first kappa shape index (κ1) is 13.8. The monoisotopic (exact) mass is 260 g/mol. The first-order valence-corrected chi connectivity index (χ1v) is 7.22. The molecule has 0 radical (unpaired) electrons. The largest absolute Gasteiger partial charge is 0.370 e. The Morgan fingerprint density at radius 2 is 2.05 bits per heavy atom. The second kappa shape index (κ2) is 7.12. The number of pyridine rings is 1. The molecule has 1 aromatic heterocycles. The van der Waals surface area contributed by atoms with E-state index in [1.54, 1.807) is 0 Å². The Morgan fingerprint density at radius 3 is 2.74 bits per heavy atom. The van der Waals surface area contributed by atoms with Crippen molar-refractivity contribution in [3.8, 4) is 0 Å². The molecular formula is C15H24N4. The van der Waals surface area contributed by atoms with Crippen molar-refractivity contribution < 1.29 is 0 Å². The van der Waals surface area contributed by atoms with Crippen LogP contribution >= 0.6 is 0 Å². The van der Waals surface area contributed by atoms with Crippen LogP contribution < -0.4 is 5.73 Å². The summed E-state index contributed by atoms with van der Waals surface area (Å²) in [6.07, 6.45) is 9.78. The molecule has 1 fully saturated rings. The smallest absolute Gasteiger partial charge is 0.191 e. The van der Waals surface area contributed by atoms with Gasteiger partial charge in [-0.15, -0.1) is 0 Å². The summed E-state index contributed by atoms with van der Waals surface area (Å²) in [5.41, 5.74) is 8.62. The highest BCUT2D eigenvalue weighted by Crippen LogP contribution is 2.09. The first-order valence-electron chi connectivity index (χ1n) is 7.22. The molecule has 0 amide bonds. The van der Waals surface area contributed by atoms with Crippen LogP contribution in [0.1, 0.15) is 36.8 Å². The van der Waals surface area contributed by atoms with Crippen LogP contribution in [-0.2, 0) is 6.42 Å². The average molecular weight is 260 g/mol. The number of nitrogens with zero attached hydrogens (tertiary/aromatic N) is 3. The van der Waals surface area contributed by atoms with E-state index >= 15 is 0 Å². The second-order valence-electron chi connectivity index (χ2n) is 5.19. The van der Waals surface area contributed by atoms with Crippen LogP contribution in [0.5, 0.6) is 0 Å². The zero-order valence-electron chi connectivity index (χ0n) is 11.8. The molecule has 2 rings (SSSR count). The van der Waals surface area contributed by atoms with Crippen molar-refractivity contribution in [2.75, 3.05) is 19.6 Å². The van der Waals surface area contributed by atoms with Gasteiger partial charge in [0.15, 0.2) is 5.96 Å². The number of hydrogen-bond acceptors (Lipinski definition) is 2. The van der Waals surface area contributed by atoms with Gasteiger partial charge in [0, 0.05) is 32.0 Å². The van der Waals surface area contributed by atoms with Crippen molar-refractivity contribution in [1.29, 1.82) is 0 Å². The molecule has 104 valence electrons. The normalized spacial score (nSPS) is 17.3. The van der Waals surface area contributed by atoms with Gasteiger partial charge < -0.3 is 10.6 Å². The van der Waals surface area contributed by atoms with E-state index in [1.165, 1.54) is 36.8 Å². The summed E-state index contributed by atoms with van der Waals surface area (Å²) >= 11 is 0. The fraction of sp³-hybridized carbons (Fsp3) is 0.600. The van der Waals surface area contributed by atoms with Gasteiger partial charge in [-0.05, 0) is 43.4 Å². The quantitative estimate of drug-likeness (QED) is 0.669. The number of hydrogen-bond donors (Lipinski definition) is 1. The lowest BCUT2D eigenvalue weighted by atomic mass is 10.1. The van der Waals surface area contributed by atoms with Gasteiger partial charge in [-0.3, -0.25) is 9.98 Å². The van der Waals surface area contributed by atoms with Gasteiger partial charge in [0.25, 0.3) is 0 Å². The van der Waals surface area contributed by atoms with Crippen LogP contribution in [0.25, 0.3) is 0 Å². The molecule has 0 unspecified atom stereocenters. The maximum absolute atomic E-state index is 6.08. The van der Waals surface area contributed by atoms with E-state index in [2.05, 4.69) is 27.9 Å². The molecule has 4 heteroatoms. The van der Waals surface area contributed by atoms with E-state index in [0.717, 1.165) is 26.1 Å². The zero-order chi connectivity index (χ0) is 13.5. The molecule has 1 aliphatic heterocycles. The van der Waals surface area contributed by atoms with Gasteiger partial charge in [-0.25, -0.2) is 0 Å². The Kier molecular flexibility index (Phi) is 5.19. The third kappa shape index (κ3) is 4.23. The summed E-state index contributed by atoms with van der Waals surface area (Å²) in [5, 5.41) is 0. The summed E-state index contributed by atoms with van der Waals surface area (Å²) in [5.74, 6) is 0.716. The lowest BCUT2D eigenvalue weighted by Gasteiger charge is -2.21. The van der Waals surface area contributed by atoms with Gasteiger partial charge in [0.1, 0.15) is 0 Å². The minimum Gasteiger partial charge on any atom is -0.370 e. The Balaban J connectivity index is 1.86. The number of nitrogens with two attached hydrogens (primary N) is 1. The standard InChI is InChI=1S/C15H24N4/c1-13-12-17-8-6-14(13)7-9-18-15(16)19-10-4-2-3-5-11-19/h6,8,12H,2-5,7,9-11H2,1H3,(H2,16,18). The van der Waals surface area contributed by atoms with E-state index in [4.69, 9.17) is 5.73 Å². The van der Waals surface area contributed by atoms with Crippen molar-refractivity contribution in [3.05, 3.63) is 29.6 Å². The highest BCUT2D eigenvalue weighted by molar-refractivity contribution is 5.78. The molecule has 4 nitrogen and oxygen atoms in total. The summed E-state index contributed by atoms with van der Waals surface area (Å²) in [4.78, 5) is 10.9. The van der Waals surface area contributed by atoms with Crippen LogP contribution in [0, 0.1) is 6.92 Å². The van der Waals surface area contributed by atoms with Crippen molar-refractivity contribution in [1.82, 2.24) is 9.88 Å². The molecule has 1 saturated heterocycles. The van der Waals surface area contributed by atoms with Crippen molar-refractivity contribution in [2.24, 2.45) is 10.7 Å². The van der Waals surface area contributed by atoms with Gasteiger partial charge in [0.05, 0.1) is 0 Å². The lowest BCUT2D eigenvalue weighted by molar-refractivity contribution is 0.428. The topological polar surface area (TPSA) is 54.5 Å². The van der Waals surface area contributed by atoms with E-state index in [9.17, 15) is 0 Å². The molecule has 1 aliphatic rings. The zero-order valence-corrected chi connectivity index (χ0v) is 11.8. The van der Waals surface area contributed by atoms with Gasteiger partial charge in [-0.2, -0.15) is 0 Å². The number of guanidine groups is 1. The fourth-order valence-electron chi connectivity index (χ4n) is 2.47. The Bertz CT molecular complexity index is 420. The molecule has 2 N–H and O–H groups in total. The molecule has 0 spiro atoms. The molecule has 1 aromatic rings. The van der Waals surface area contributed by atoms with E-state index in [1.807, 2.05) is 12.4 Å². The van der Waals surface area contributed by atoms with Crippen LogP contribution in [-0.4, -0.2) is 35.5 Å². The number of aromatic nitrogens is 1. The molecule has 19 heavy (non-hydrogen) atoms. The molecule has 0 aromatic carbocycles. The third-order valence-corrected chi connectivity index (χ3v) is 3.72. The number of aliphatic imine (C=N–C) groups is 1. The molecular weight excluding hydrogens is 236 g/mol. The second-order valence-corrected chi connectivity index (χ2v) is 5.19. The Labute approximate surface area is 115 Å². The van der Waals surface area contributed by atoms with Crippen molar-refractivity contribution in [2.45, 2.75) is 39.0 Å². The van der Waals surface area contributed by atoms with Crippen molar-refractivity contribution in [3.63, 3.8) is 0 Å². The summed E-state index contributed by atoms with van der Waals surface area (Å²) in [7, 11) is 0. The molecule has 0 aliphatic carbocycles. The summed E-state index contributed by atoms with van der Waals surface area (Å²) < 4.78 is 0. The molecule has 0 atom stereocenters. The Hall–Kier alpha value is -1.58. The highest BCUT2D eigenvalue weighted by atomic mass is 15.2. The molecule has 0 saturated carbocycles. The predicted octanol–water partition coefficient (Wildman–Crippen LogP) is 2.12. The Morgan fingerprint density at radius 1 is 1.32 bits per heavy atom. The van der Waals surface area contributed by atoms with E-state index in [0.29, 0.717) is 5.96 Å². The predicted molar refractivity (Wildman–Crippen MR) is 79.2 cm³/mol. The van der Waals surface area contributed by atoms with Gasteiger partial charge >= 0.3 is 0 Å². The SMILES string of the molecule is Cc1cnccc1CCN=C(N)N1CCCCCC1. The summed E-state index contributed by atoms with van der Waals surface area (Å²) in [6.45, 7) is 4.96. The molecule has 0 bridgehead atoms. The minimum absolute atomic E-state index is 0.716.